The Morgan fingerprint density at radius 3 is 2.23 bits per heavy atom. The molecule has 7 nitrogen and oxygen atoms in total. The van der Waals surface area contributed by atoms with Gasteiger partial charge in [0.1, 0.15) is 12.4 Å². The van der Waals surface area contributed by atoms with Crippen molar-refractivity contribution in [1.29, 1.82) is 0 Å². The van der Waals surface area contributed by atoms with Gasteiger partial charge >= 0.3 is 0 Å². The fourth-order valence-electron chi connectivity index (χ4n) is 3.49. The SMILES string of the molecule is COc1ccc(S(=O)(=O)N(CC(=O)NCCCc2ccc(C)cc2)c2ccc(F)cc2)cc1OC. The van der Waals surface area contributed by atoms with Gasteiger partial charge in [0.15, 0.2) is 11.5 Å². The number of amides is 1. The number of hydrogen-bond donors (Lipinski definition) is 1. The number of aryl methyl sites for hydroxylation is 2. The zero-order valence-electron chi connectivity index (χ0n) is 20.0. The first kappa shape index (κ1) is 26.0. The number of hydrogen-bond acceptors (Lipinski definition) is 5. The van der Waals surface area contributed by atoms with E-state index in [1.165, 1.54) is 50.1 Å². The Labute approximate surface area is 205 Å². The Balaban J connectivity index is 1.76. The number of nitrogens with one attached hydrogen (secondary N) is 1. The molecule has 0 unspecified atom stereocenters. The second-order valence-electron chi connectivity index (χ2n) is 7.94. The van der Waals surface area contributed by atoms with E-state index in [0.29, 0.717) is 18.7 Å². The minimum atomic E-state index is -4.18. The number of sulfonamides is 1. The number of rotatable bonds is 11. The zero-order valence-corrected chi connectivity index (χ0v) is 20.8. The van der Waals surface area contributed by atoms with Crippen LogP contribution in [0.2, 0.25) is 0 Å². The van der Waals surface area contributed by atoms with Crippen LogP contribution in [0, 0.1) is 12.7 Å². The molecule has 35 heavy (non-hydrogen) atoms. The maximum absolute atomic E-state index is 13.5. The van der Waals surface area contributed by atoms with E-state index in [1.807, 2.05) is 31.2 Å². The third-order valence-corrected chi connectivity index (χ3v) is 7.20. The van der Waals surface area contributed by atoms with Crippen LogP contribution in [0.4, 0.5) is 10.1 Å². The van der Waals surface area contributed by atoms with Crippen LogP contribution in [0.25, 0.3) is 0 Å². The molecule has 0 atom stereocenters. The lowest BCUT2D eigenvalue weighted by Gasteiger charge is -2.24. The van der Waals surface area contributed by atoms with Crippen LogP contribution < -0.4 is 19.1 Å². The highest BCUT2D eigenvalue weighted by atomic mass is 32.2. The summed E-state index contributed by atoms with van der Waals surface area (Å²) in [5.41, 5.74) is 2.50. The van der Waals surface area contributed by atoms with E-state index in [9.17, 15) is 17.6 Å². The molecule has 1 amide bonds. The van der Waals surface area contributed by atoms with E-state index < -0.39 is 28.3 Å². The van der Waals surface area contributed by atoms with Crippen LogP contribution in [0.5, 0.6) is 11.5 Å². The van der Waals surface area contributed by atoms with Gasteiger partial charge in [-0.15, -0.1) is 0 Å². The van der Waals surface area contributed by atoms with Crippen molar-refractivity contribution in [2.24, 2.45) is 0 Å². The Hall–Kier alpha value is -3.59. The lowest BCUT2D eigenvalue weighted by molar-refractivity contribution is -0.119. The minimum absolute atomic E-state index is 0.0911. The molecule has 0 saturated heterocycles. The molecule has 0 saturated carbocycles. The predicted octanol–water partition coefficient (Wildman–Crippen LogP) is 4.10. The highest BCUT2D eigenvalue weighted by Crippen LogP contribution is 2.32. The van der Waals surface area contributed by atoms with Crippen molar-refractivity contribution in [3.05, 3.63) is 83.7 Å². The topological polar surface area (TPSA) is 84.9 Å². The number of benzene rings is 3. The maximum atomic E-state index is 13.5. The molecule has 0 aliphatic rings. The number of nitrogens with zero attached hydrogens (tertiary/aromatic N) is 1. The summed E-state index contributed by atoms with van der Waals surface area (Å²) in [5.74, 6) is -0.389. The van der Waals surface area contributed by atoms with Crippen molar-refractivity contribution in [3.8, 4) is 11.5 Å². The van der Waals surface area contributed by atoms with Crippen LogP contribution >= 0.6 is 0 Å². The summed E-state index contributed by atoms with van der Waals surface area (Å²) >= 11 is 0. The lowest BCUT2D eigenvalue weighted by Crippen LogP contribution is -2.41. The molecule has 1 N–H and O–H groups in total. The molecule has 0 bridgehead atoms. The van der Waals surface area contributed by atoms with Crippen molar-refractivity contribution >= 4 is 21.6 Å². The van der Waals surface area contributed by atoms with Crippen molar-refractivity contribution in [2.75, 3.05) is 31.6 Å². The molecule has 0 radical (unpaired) electrons. The molecule has 9 heteroatoms. The number of anilines is 1. The van der Waals surface area contributed by atoms with Gasteiger partial charge in [0.2, 0.25) is 5.91 Å². The summed E-state index contributed by atoms with van der Waals surface area (Å²) in [5, 5.41) is 2.78. The van der Waals surface area contributed by atoms with Gasteiger partial charge in [0, 0.05) is 12.6 Å². The second kappa shape index (κ2) is 11.7. The average molecular weight is 501 g/mol. The van der Waals surface area contributed by atoms with Gasteiger partial charge in [0.25, 0.3) is 10.0 Å². The van der Waals surface area contributed by atoms with Gasteiger partial charge in [-0.2, -0.15) is 0 Å². The van der Waals surface area contributed by atoms with E-state index in [1.54, 1.807) is 0 Å². The van der Waals surface area contributed by atoms with Gasteiger partial charge < -0.3 is 14.8 Å². The summed E-state index contributed by atoms with van der Waals surface area (Å²) in [6.07, 6.45) is 1.49. The molecule has 3 aromatic carbocycles. The Bertz CT molecular complexity index is 1250. The average Bonchev–Trinajstić information content (AvgIpc) is 2.86. The van der Waals surface area contributed by atoms with Crippen LogP contribution in [-0.2, 0) is 21.2 Å². The fraction of sp³-hybridized carbons (Fsp3) is 0.269. The smallest absolute Gasteiger partial charge is 0.264 e. The van der Waals surface area contributed by atoms with Crippen molar-refractivity contribution in [1.82, 2.24) is 5.32 Å². The molecule has 3 rings (SSSR count). The van der Waals surface area contributed by atoms with Gasteiger partial charge in [-0.1, -0.05) is 29.8 Å². The monoisotopic (exact) mass is 500 g/mol. The molecule has 0 aliphatic heterocycles. The molecule has 0 fully saturated rings. The number of methoxy groups -OCH3 is 2. The van der Waals surface area contributed by atoms with Crippen molar-refractivity contribution in [3.63, 3.8) is 0 Å². The standard InChI is InChI=1S/C26H29FN2O5S/c1-19-6-8-20(9-7-19)5-4-16-28-26(30)18-29(22-12-10-21(27)11-13-22)35(31,32)23-14-15-24(33-2)25(17-23)34-3/h6-15,17H,4-5,16,18H2,1-3H3,(H,28,30). The Morgan fingerprint density at radius 2 is 1.60 bits per heavy atom. The maximum Gasteiger partial charge on any atom is 0.264 e. The highest BCUT2D eigenvalue weighted by Gasteiger charge is 2.28. The van der Waals surface area contributed by atoms with Crippen LogP contribution in [0.15, 0.2) is 71.6 Å². The van der Waals surface area contributed by atoms with Crippen molar-refractivity contribution < 1.29 is 27.1 Å². The predicted molar refractivity (Wildman–Crippen MR) is 133 cm³/mol. The van der Waals surface area contributed by atoms with E-state index in [-0.39, 0.29) is 16.3 Å². The minimum Gasteiger partial charge on any atom is -0.493 e. The quantitative estimate of drug-likeness (QED) is 0.401. The summed E-state index contributed by atoms with van der Waals surface area (Å²) in [6.45, 7) is 1.94. The van der Waals surface area contributed by atoms with Gasteiger partial charge in [-0.3, -0.25) is 9.10 Å². The molecule has 0 heterocycles. The molecule has 0 aromatic heterocycles. The third-order valence-electron chi connectivity index (χ3n) is 5.43. The normalized spacial score (nSPS) is 11.1. The summed E-state index contributed by atoms with van der Waals surface area (Å²) in [4.78, 5) is 12.6. The summed E-state index contributed by atoms with van der Waals surface area (Å²) in [7, 11) is -1.34. The fourth-order valence-corrected chi connectivity index (χ4v) is 4.92. The first-order valence-corrected chi connectivity index (χ1v) is 12.5. The third kappa shape index (κ3) is 6.73. The van der Waals surface area contributed by atoms with E-state index >= 15 is 0 Å². The molecule has 3 aromatic rings. The van der Waals surface area contributed by atoms with Crippen molar-refractivity contribution in [2.45, 2.75) is 24.7 Å². The molecule has 186 valence electrons. The zero-order chi connectivity index (χ0) is 25.4. The van der Waals surface area contributed by atoms with Crippen LogP contribution in [-0.4, -0.2) is 41.6 Å². The lowest BCUT2D eigenvalue weighted by atomic mass is 10.1. The van der Waals surface area contributed by atoms with Gasteiger partial charge in [-0.25, -0.2) is 12.8 Å². The van der Waals surface area contributed by atoms with Crippen LogP contribution in [0.1, 0.15) is 17.5 Å². The summed E-state index contributed by atoms with van der Waals surface area (Å²) in [6, 6.07) is 17.2. The Morgan fingerprint density at radius 1 is 0.943 bits per heavy atom. The highest BCUT2D eigenvalue weighted by molar-refractivity contribution is 7.92. The van der Waals surface area contributed by atoms with E-state index in [4.69, 9.17) is 9.47 Å². The largest absolute Gasteiger partial charge is 0.493 e. The molecule has 0 aliphatic carbocycles. The number of carbonyl (C=O) groups is 1. The molecular weight excluding hydrogens is 471 g/mol. The summed E-state index contributed by atoms with van der Waals surface area (Å²) < 4.78 is 51.9. The van der Waals surface area contributed by atoms with Gasteiger partial charge in [-0.05, 0) is 61.7 Å². The first-order valence-electron chi connectivity index (χ1n) is 11.1. The van der Waals surface area contributed by atoms with Crippen LogP contribution in [0.3, 0.4) is 0 Å². The molecule has 0 spiro atoms. The number of carbonyl (C=O) groups excluding carboxylic acids is 1. The molecular formula is C26H29FN2O5S. The number of halogens is 1. The Kier molecular flexibility index (Phi) is 8.70. The van der Waals surface area contributed by atoms with Gasteiger partial charge in [0.05, 0.1) is 24.8 Å². The first-order chi connectivity index (χ1) is 16.7. The number of ether oxygens (including phenoxy) is 2. The van der Waals surface area contributed by atoms with E-state index in [2.05, 4.69) is 5.32 Å². The second-order valence-corrected chi connectivity index (χ2v) is 9.81. The van der Waals surface area contributed by atoms with E-state index in [0.717, 1.165) is 28.4 Å².